The summed E-state index contributed by atoms with van der Waals surface area (Å²) in [4.78, 5) is 16.2. The average Bonchev–Trinajstić information content (AvgIpc) is 2.83. The molecule has 104 valence electrons. The number of rotatable bonds is 2. The molecule has 0 saturated carbocycles. The maximum absolute atomic E-state index is 11.9. The lowest BCUT2D eigenvalue weighted by molar-refractivity contribution is -0.129. The van der Waals surface area contributed by atoms with Gasteiger partial charge in [0, 0.05) is 12.7 Å². The molecule has 0 fully saturated rings. The van der Waals surface area contributed by atoms with Crippen molar-refractivity contribution in [1.82, 2.24) is 0 Å². The first-order chi connectivity index (χ1) is 10.1. The summed E-state index contributed by atoms with van der Waals surface area (Å²) in [6, 6.07) is 15.5. The second-order valence-electron chi connectivity index (χ2n) is 4.36. The molecule has 1 aliphatic heterocycles. The molecular weight excluding hydrogens is 492 g/mol. The number of halogens is 2. The minimum atomic E-state index is -0.414. The molecule has 0 spiro atoms. The van der Waals surface area contributed by atoms with Gasteiger partial charge < -0.3 is 4.74 Å². The fourth-order valence-electron chi connectivity index (χ4n) is 1.86. The molecule has 0 atom stereocenters. The molecule has 1 heterocycles. The van der Waals surface area contributed by atoms with Gasteiger partial charge in [0.2, 0.25) is 5.90 Å². The summed E-state index contributed by atoms with van der Waals surface area (Å²) in [5.74, 6) is -0.0585. The monoisotopic (exact) mass is 501 g/mol. The first-order valence-corrected chi connectivity index (χ1v) is 8.32. The van der Waals surface area contributed by atoms with E-state index < -0.39 is 5.97 Å². The Morgan fingerprint density at radius 1 is 1.00 bits per heavy atom. The molecule has 0 amide bonds. The fourth-order valence-corrected chi connectivity index (χ4v) is 2.77. The Labute approximate surface area is 149 Å². The van der Waals surface area contributed by atoms with Crippen molar-refractivity contribution in [1.29, 1.82) is 0 Å². The second kappa shape index (κ2) is 6.27. The van der Waals surface area contributed by atoms with Gasteiger partial charge >= 0.3 is 5.97 Å². The van der Waals surface area contributed by atoms with E-state index in [1.807, 2.05) is 48.5 Å². The highest BCUT2D eigenvalue weighted by molar-refractivity contribution is 14.1. The first-order valence-electron chi connectivity index (χ1n) is 6.16. The van der Waals surface area contributed by atoms with Crippen LogP contribution in [0.25, 0.3) is 6.08 Å². The zero-order valence-electron chi connectivity index (χ0n) is 10.7. The van der Waals surface area contributed by atoms with Crippen molar-refractivity contribution >= 4 is 63.1 Å². The van der Waals surface area contributed by atoms with Crippen LogP contribution in [0.1, 0.15) is 11.1 Å². The summed E-state index contributed by atoms with van der Waals surface area (Å²) in [6.07, 6.45) is 1.75. The van der Waals surface area contributed by atoms with Crippen molar-refractivity contribution in [3.05, 3.63) is 72.5 Å². The highest BCUT2D eigenvalue weighted by atomic mass is 127. The van der Waals surface area contributed by atoms with Crippen LogP contribution >= 0.6 is 45.2 Å². The molecule has 0 saturated heterocycles. The third-order valence-corrected chi connectivity index (χ3v) is 4.61. The maximum atomic E-state index is 11.9. The molecule has 3 rings (SSSR count). The van der Waals surface area contributed by atoms with Gasteiger partial charge in [0.15, 0.2) is 5.70 Å². The van der Waals surface area contributed by atoms with Crippen molar-refractivity contribution in [3.63, 3.8) is 0 Å². The Kier molecular flexibility index (Phi) is 4.39. The van der Waals surface area contributed by atoms with Crippen LogP contribution in [-0.2, 0) is 9.53 Å². The van der Waals surface area contributed by atoms with Crippen molar-refractivity contribution in [2.75, 3.05) is 0 Å². The third kappa shape index (κ3) is 3.34. The van der Waals surface area contributed by atoms with Crippen molar-refractivity contribution in [3.8, 4) is 0 Å². The lowest BCUT2D eigenvalue weighted by Gasteiger charge is -1.98. The SMILES string of the molecule is O=C1OC(c2ccc(I)cc2)=NC1=Cc1ccccc1I. The predicted molar refractivity (Wildman–Crippen MR) is 98.9 cm³/mol. The van der Waals surface area contributed by atoms with Gasteiger partial charge in [-0.3, -0.25) is 0 Å². The van der Waals surface area contributed by atoms with Gasteiger partial charge in [0.05, 0.1) is 0 Å². The molecule has 2 aromatic rings. The van der Waals surface area contributed by atoms with Gasteiger partial charge in [-0.1, -0.05) is 18.2 Å². The molecular formula is C16H9I2NO2. The van der Waals surface area contributed by atoms with E-state index in [0.29, 0.717) is 11.6 Å². The van der Waals surface area contributed by atoms with E-state index in [9.17, 15) is 4.79 Å². The van der Waals surface area contributed by atoms with E-state index in [1.54, 1.807) is 6.08 Å². The van der Waals surface area contributed by atoms with Crippen molar-refractivity contribution in [2.24, 2.45) is 4.99 Å². The largest absolute Gasteiger partial charge is 0.402 e. The summed E-state index contributed by atoms with van der Waals surface area (Å²) in [7, 11) is 0. The summed E-state index contributed by atoms with van der Waals surface area (Å²) < 4.78 is 7.43. The normalized spacial score (nSPS) is 16.0. The number of benzene rings is 2. The highest BCUT2D eigenvalue weighted by Gasteiger charge is 2.24. The second-order valence-corrected chi connectivity index (χ2v) is 6.77. The molecule has 0 aromatic heterocycles. The molecule has 5 heteroatoms. The van der Waals surface area contributed by atoms with Gasteiger partial charge in [-0.2, -0.15) is 0 Å². The van der Waals surface area contributed by atoms with E-state index in [4.69, 9.17) is 4.74 Å². The van der Waals surface area contributed by atoms with Crippen LogP contribution in [0.4, 0.5) is 0 Å². The van der Waals surface area contributed by atoms with Gasteiger partial charge in [0.25, 0.3) is 0 Å². The lowest BCUT2D eigenvalue weighted by atomic mass is 10.2. The van der Waals surface area contributed by atoms with Crippen LogP contribution in [0.2, 0.25) is 0 Å². The van der Waals surface area contributed by atoms with E-state index in [0.717, 1.165) is 18.3 Å². The Balaban J connectivity index is 1.96. The highest BCUT2D eigenvalue weighted by Crippen LogP contribution is 2.21. The number of hydrogen-bond donors (Lipinski definition) is 0. The Hall–Kier alpha value is -1.22. The van der Waals surface area contributed by atoms with Crippen LogP contribution in [0, 0.1) is 7.14 Å². The molecule has 1 aliphatic rings. The molecule has 2 aromatic carbocycles. The Morgan fingerprint density at radius 3 is 2.43 bits per heavy atom. The number of carbonyl (C=O) groups is 1. The molecule has 0 aliphatic carbocycles. The minimum Gasteiger partial charge on any atom is -0.402 e. The number of cyclic esters (lactones) is 1. The van der Waals surface area contributed by atoms with E-state index in [-0.39, 0.29) is 0 Å². The number of ether oxygens (including phenoxy) is 1. The number of nitrogens with zero attached hydrogens (tertiary/aromatic N) is 1. The van der Waals surface area contributed by atoms with Crippen LogP contribution in [0.3, 0.4) is 0 Å². The van der Waals surface area contributed by atoms with Gasteiger partial charge in [-0.25, -0.2) is 9.79 Å². The standard InChI is InChI=1S/C16H9I2NO2/c17-12-7-5-10(6-8-12)15-19-14(16(20)21-15)9-11-3-1-2-4-13(11)18/h1-9H. The summed E-state index contributed by atoms with van der Waals surface area (Å²) in [5, 5.41) is 0. The first kappa shape index (κ1) is 14.7. The summed E-state index contributed by atoms with van der Waals surface area (Å²) in [5.41, 5.74) is 2.08. The van der Waals surface area contributed by atoms with E-state index in [1.165, 1.54) is 0 Å². The molecule has 3 nitrogen and oxygen atoms in total. The van der Waals surface area contributed by atoms with Gasteiger partial charge in [-0.05, 0) is 87.2 Å². The minimum absolute atomic E-state index is 0.327. The number of esters is 1. The van der Waals surface area contributed by atoms with Gasteiger partial charge in [0.1, 0.15) is 0 Å². The van der Waals surface area contributed by atoms with E-state index >= 15 is 0 Å². The number of carbonyl (C=O) groups excluding carboxylic acids is 1. The molecule has 0 bridgehead atoms. The Morgan fingerprint density at radius 2 is 1.71 bits per heavy atom. The number of aliphatic imine (C=N–C) groups is 1. The molecule has 0 unspecified atom stereocenters. The average molecular weight is 501 g/mol. The number of hydrogen-bond acceptors (Lipinski definition) is 3. The molecule has 21 heavy (non-hydrogen) atoms. The zero-order chi connectivity index (χ0) is 14.8. The quantitative estimate of drug-likeness (QED) is 0.351. The Bertz CT molecular complexity index is 764. The summed E-state index contributed by atoms with van der Waals surface area (Å²) in [6.45, 7) is 0. The predicted octanol–water partition coefficient (Wildman–Crippen LogP) is 4.24. The fraction of sp³-hybridized carbons (Fsp3) is 0. The smallest absolute Gasteiger partial charge is 0.363 e. The van der Waals surface area contributed by atoms with Crippen LogP contribution < -0.4 is 0 Å². The molecule has 0 N–H and O–H groups in total. The van der Waals surface area contributed by atoms with Crippen LogP contribution in [0.5, 0.6) is 0 Å². The topological polar surface area (TPSA) is 38.7 Å². The van der Waals surface area contributed by atoms with Crippen LogP contribution in [0.15, 0.2) is 59.2 Å². The third-order valence-electron chi connectivity index (χ3n) is 2.91. The van der Waals surface area contributed by atoms with Crippen molar-refractivity contribution < 1.29 is 9.53 Å². The summed E-state index contributed by atoms with van der Waals surface area (Å²) >= 11 is 4.45. The zero-order valence-corrected chi connectivity index (χ0v) is 15.0. The lowest BCUT2D eigenvalue weighted by Crippen LogP contribution is -2.05. The molecule has 0 radical (unpaired) electrons. The van der Waals surface area contributed by atoms with Crippen molar-refractivity contribution in [2.45, 2.75) is 0 Å². The van der Waals surface area contributed by atoms with Crippen LogP contribution in [-0.4, -0.2) is 11.9 Å². The van der Waals surface area contributed by atoms with Gasteiger partial charge in [-0.15, -0.1) is 0 Å². The maximum Gasteiger partial charge on any atom is 0.363 e. The van der Waals surface area contributed by atoms with E-state index in [2.05, 4.69) is 50.2 Å².